The van der Waals surface area contributed by atoms with Crippen molar-refractivity contribution in [3.63, 3.8) is 0 Å². The van der Waals surface area contributed by atoms with E-state index in [1.54, 1.807) is 30.0 Å². The second-order valence-corrected chi connectivity index (χ2v) is 9.84. The Morgan fingerprint density at radius 3 is 2.45 bits per heavy atom. The Kier molecular flexibility index (Phi) is 9.12. The average molecular weight is 479 g/mol. The number of halogens is 2. The first-order valence-corrected chi connectivity index (χ1v) is 12.4. The summed E-state index contributed by atoms with van der Waals surface area (Å²) in [5, 5.41) is 4.42. The van der Waals surface area contributed by atoms with E-state index in [1.165, 1.54) is 18.2 Å². The van der Waals surface area contributed by atoms with E-state index in [-0.39, 0.29) is 23.6 Å². The fourth-order valence-corrected chi connectivity index (χ4v) is 4.87. The van der Waals surface area contributed by atoms with Gasteiger partial charge in [-0.25, -0.2) is 0 Å². The molecule has 3 rings (SSSR count). The molecule has 166 valence electrons. The van der Waals surface area contributed by atoms with Crippen LogP contribution in [0.3, 0.4) is 0 Å². The van der Waals surface area contributed by atoms with Gasteiger partial charge in [0.2, 0.25) is 11.8 Å². The lowest BCUT2D eigenvalue weighted by Gasteiger charge is -2.31. The first kappa shape index (κ1) is 24.0. The number of benzene rings is 2. The SMILES string of the molecule is C[C@H](C(=O)NC1CCCCC1)N(Cc1cccc(Cl)c1)C(=O)CSc1ccc(Cl)cc1. The van der Waals surface area contributed by atoms with Crippen LogP contribution < -0.4 is 5.32 Å². The lowest BCUT2D eigenvalue weighted by Crippen LogP contribution is -2.50. The summed E-state index contributed by atoms with van der Waals surface area (Å²) >= 11 is 13.5. The van der Waals surface area contributed by atoms with Crippen molar-refractivity contribution in [2.24, 2.45) is 0 Å². The Bertz CT molecular complexity index is 885. The Balaban J connectivity index is 1.70. The summed E-state index contributed by atoms with van der Waals surface area (Å²) in [6.07, 6.45) is 5.52. The summed E-state index contributed by atoms with van der Waals surface area (Å²) in [5.74, 6) is 0.0495. The van der Waals surface area contributed by atoms with Crippen molar-refractivity contribution in [3.05, 3.63) is 64.1 Å². The smallest absolute Gasteiger partial charge is 0.242 e. The predicted octanol–water partition coefficient (Wildman–Crippen LogP) is 5.95. The van der Waals surface area contributed by atoms with Crippen molar-refractivity contribution >= 4 is 46.8 Å². The maximum absolute atomic E-state index is 13.2. The Morgan fingerprint density at radius 2 is 1.77 bits per heavy atom. The number of nitrogens with zero attached hydrogens (tertiary/aromatic N) is 1. The van der Waals surface area contributed by atoms with Gasteiger partial charge < -0.3 is 10.2 Å². The molecule has 0 heterocycles. The van der Waals surface area contributed by atoms with Crippen molar-refractivity contribution < 1.29 is 9.59 Å². The average Bonchev–Trinajstić information content (AvgIpc) is 2.77. The van der Waals surface area contributed by atoms with Crippen molar-refractivity contribution in [2.45, 2.75) is 62.6 Å². The van der Waals surface area contributed by atoms with E-state index in [1.807, 2.05) is 30.3 Å². The summed E-state index contributed by atoms with van der Waals surface area (Å²) in [5.41, 5.74) is 0.898. The lowest BCUT2D eigenvalue weighted by atomic mass is 9.95. The third-order valence-electron chi connectivity index (χ3n) is 5.54. The molecule has 0 aromatic heterocycles. The van der Waals surface area contributed by atoms with Crippen LogP contribution in [0.2, 0.25) is 10.0 Å². The first-order valence-electron chi connectivity index (χ1n) is 10.6. The van der Waals surface area contributed by atoms with E-state index in [9.17, 15) is 9.59 Å². The second kappa shape index (κ2) is 11.8. The highest BCUT2D eigenvalue weighted by molar-refractivity contribution is 8.00. The fourth-order valence-electron chi connectivity index (χ4n) is 3.74. The molecule has 1 N–H and O–H groups in total. The molecule has 2 amide bonds. The quantitative estimate of drug-likeness (QED) is 0.476. The normalized spacial score (nSPS) is 15.3. The van der Waals surface area contributed by atoms with Crippen LogP contribution >= 0.6 is 35.0 Å². The minimum Gasteiger partial charge on any atom is -0.352 e. The number of carbonyl (C=O) groups excluding carboxylic acids is 2. The molecule has 31 heavy (non-hydrogen) atoms. The zero-order chi connectivity index (χ0) is 22.2. The van der Waals surface area contributed by atoms with Crippen LogP contribution in [0.4, 0.5) is 0 Å². The van der Waals surface area contributed by atoms with E-state index in [4.69, 9.17) is 23.2 Å². The topological polar surface area (TPSA) is 49.4 Å². The molecule has 0 spiro atoms. The van der Waals surface area contributed by atoms with Crippen LogP contribution in [0.25, 0.3) is 0 Å². The van der Waals surface area contributed by atoms with E-state index in [0.717, 1.165) is 36.1 Å². The van der Waals surface area contributed by atoms with Gasteiger partial charge in [-0.15, -0.1) is 11.8 Å². The third-order valence-corrected chi connectivity index (χ3v) is 7.02. The van der Waals surface area contributed by atoms with Gasteiger partial charge in [0.15, 0.2) is 0 Å². The summed E-state index contributed by atoms with van der Waals surface area (Å²) in [6.45, 7) is 2.13. The highest BCUT2D eigenvalue weighted by Gasteiger charge is 2.28. The molecule has 4 nitrogen and oxygen atoms in total. The Morgan fingerprint density at radius 1 is 1.06 bits per heavy atom. The molecule has 0 bridgehead atoms. The van der Waals surface area contributed by atoms with Crippen LogP contribution in [-0.4, -0.2) is 34.6 Å². The summed E-state index contributed by atoms with van der Waals surface area (Å²) in [7, 11) is 0. The molecule has 1 atom stereocenters. The Labute approximate surface area is 198 Å². The van der Waals surface area contributed by atoms with E-state index >= 15 is 0 Å². The number of hydrogen-bond donors (Lipinski definition) is 1. The van der Waals surface area contributed by atoms with E-state index < -0.39 is 6.04 Å². The van der Waals surface area contributed by atoms with Gasteiger partial charge in [0, 0.05) is 27.5 Å². The molecule has 1 saturated carbocycles. The first-order chi connectivity index (χ1) is 14.9. The summed E-state index contributed by atoms with van der Waals surface area (Å²) < 4.78 is 0. The van der Waals surface area contributed by atoms with Crippen molar-refractivity contribution in [1.82, 2.24) is 10.2 Å². The monoisotopic (exact) mass is 478 g/mol. The Hall–Kier alpha value is -1.69. The number of thioether (sulfide) groups is 1. The summed E-state index contributed by atoms with van der Waals surface area (Å²) in [6, 6.07) is 14.4. The van der Waals surface area contributed by atoms with Gasteiger partial charge in [-0.3, -0.25) is 9.59 Å². The molecule has 0 radical (unpaired) electrons. The fraction of sp³-hybridized carbons (Fsp3) is 0.417. The number of nitrogens with one attached hydrogen (secondary N) is 1. The zero-order valence-electron chi connectivity index (χ0n) is 17.7. The van der Waals surface area contributed by atoms with Crippen LogP contribution in [0.5, 0.6) is 0 Å². The molecule has 0 unspecified atom stereocenters. The number of hydrogen-bond acceptors (Lipinski definition) is 3. The highest BCUT2D eigenvalue weighted by atomic mass is 35.5. The minimum atomic E-state index is -0.570. The molecule has 7 heteroatoms. The molecule has 2 aromatic carbocycles. The maximum Gasteiger partial charge on any atom is 0.242 e. The molecular formula is C24H28Cl2N2O2S. The van der Waals surface area contributed by atoms with Crippen LogP contribution in [-0.2, 0) is 16.1 Å². The van der Waals surface area contributed by atoms with Gasteiger partial charge in [-0.2, -0.15) is 0 Å². The van der Waals surface area contributed by atoms with Gasteiger partial charge in [-0.1, -0.05) is 54.6 Å². The lowest BCUT2D eigenvalue weighted by molar-refractivity contribution is -0.139. The molecule has 0 saturated heterocycles. The summed E-state index contributed by atoms with van der Waals surface area (Å²) in [4.78, 5) is 28.8. The van der Waals surface area contributed by atoms with Gasteiger partial charge in [0.1, 0.15) is 6.04 Å². The standard InChI is InChI=1S/C24H28Cl2N2O2S/c1-17(24(30)27-21-8-3-2-4-9-21)28(15-18-6-5-7-20(26)14-18)23(29)16-31-22-12-10-19(25)11-13-22/h5-7,10-14,17,21H,2-4,8-9,15-16H2,1H3,(H,27,30)/t17-/m1/s1. The molecule has 2 aromatic rings. The molecular weight excluding hydrogens is 451 g/mol. The van der Waals surface area contributed by atoms with Gasteiger partial charge in [0.05, 0.1) is 5.75 Å². The number of rotatable bonds is 8. The molecule has 1 fully saturated rings. The number of carbonyl (C=O) groups is 2. The minimum absolute atomic E-state index is 0.0915. The maximum atomic E-state index is 13.2. The third kappa shape index (κ3) is 7.44. The zero-order valence-corrected chi connectivity index (χ0v) is 20.0. The molecule has 0 aliphatic heterocycles. The van der Waals surface area contributed by atoms with Gasteiger partial charge in [0.25, 0.3) is 0 Å². The van der Waals surface area contributed by atoms with E-state index in [2.05, 4.69) is 5.32 Å². The van der Waals surface area contributed by atoms with Crippen molar-refractivity contribution in [2.75, 3.05) is 5.75 Å². The van der Waals surface area contributed by atoms with Crippen LogP contribution in [0, 0.1) is 0 Å². The predicted molar refractivity (Wildman–Crippen MR) is 129 cm³/mol. The van der Waals surface area contributed by atoms with Crippen molar-refractivity contribution in [1.29, 1.82) is 0 Å². The second-order valence-electron chi connectivity index (χ2n) is 7.91. The van der Waals surface area contributed by atoms with Crippen molar-refractivity contribution in [3.8, 4) is 0 Å². The van der Waals surface area contributed by atoms with E-state index in [0.29, 0.717) is 16.6 Å². The van der Waals surface area contributed by atoms with Gasteiger partial charge in [-0.05, 0) is 61.7 Å². The van der Waals surface area contributed by atoms with Crippen LogP contribution in [0.15, 0.2) is 53.4 Å². The number of amides is 2. The highest BCUT2D eigenvalue weighted by Crippen LogP contribution is 2.23. The largest absolute Gasteiger partial charge is 0.352 e. The molecule has 1 aliphatic carbocycles. The molecule has 1 aliphatic rings. The van der Waals surface area contributed by atoms with Gasteiger partial charge >= 0.3 is 0 Å². The van der Waals surface area contributed by atoms with Crippen LogP contribution in [0.1, 0.15) is 44.6 Å².